The summed E-state index contributed by atoms with van der Waals surface area (Å²) in [4.78, 5) is 0. The van der Waals surface area contributed by atoms with Crippen molar-refractivity contribution in [3.05, 3.63) is 43.8 Å². The molecule has 0 aliphatic carbocycles. The lowest BCUT2D eigenvalue weighted by Crippen LogP contribution is -2.03. The zero-order chi connectivity index (χ0) is 9.83. The highest BCUT2D eigenvalue weighted by atomic mass is 32.1. The van der Waals surface area contributed by atoms with E-state index in [1.165, 1.54) is 22.3 Å². The van der Waals surface area contributed by atoms with Crippen LogP contribution in [0.5, 0.6) is 0 Å². The number of ether oxygens (including phenoxy) is 1. The second-order valence-corrected chi connectivity index (χ2v) is 5.09. The minimum Gasteiger partial charge on any atom is -0.456 e. The standard InChI is InChI=1S/C12H6OS2/c1-7-3-14-5-9(7)12-2-8-4-15-6-10(8)11(1)13-12/h1-6H. The molecule has 0 N–H and O–H groups in total. The quantitative estimate of drug-likeness (QED) is 0.660. The summed E-state index contributed by atoms with van der Waals surface area (Å²) in [5, 5.41) is 8.63. The first kappa shape index (κ1) is 7.91. The van der Waals surface area contributed by atoms with E-state index in [4.69, 9.17) is 4.74 Å². The Kier molecular flexibility index (Phi) is 1.38. The van der Waals surface area contributed by atoms with Gasteiger partial charge in [0.1, 0.15) is 11.5 Å². The Labute approximate surface area is 95.0 Å². The van der Waals surface area contributed by atoms with E-state index in [0.29, 0.717) is 0 Å². The molecule has 2 aliphatic heterocycles. The molecule has 15 heavy (non-hydrogen) atoms. The van der Waals surface area contributed by atoms with Gasteiger partial charge in [0, 0.05) is 21.9 Å². The maximum absolute atomic E-state index is 5.83. The van der Waals surface area contributed by atoms with E-state index in [1.807, 2.05) is 0 Å². The van der Waals surface area contributed by atoms with Gasteiger partial charge in [0.05, 0.1) is 0 Å². The number of hydrogen-bond acceptors (Lipinski definition) is 3. The van der Waals surface area contributed by atoms with Crippen LogP contribution in [-0.4, -0.2) is 0 Å². The Morgan fingerprint density at radius 3 is 1.80 bits per heavy atom. The van der Waals surface area contributed by atoms with Crippen molar-refractivity contribution < 1.29 is 4.74 Å². The van der Waals surface area contributed by atoms with Gasteiger partial charge >= 0.3 is 0 Å². The molecule has 2 bridgehead atoms. The maximum atomic E-state index is 5.83. The fourth-order valence-corrected chi connectivity index (χ4v) is 3.56. The summed E-state index contributed by atoms with van der Waals surface area (Å²) in [5.41, 5.74) is 5.01. The molecule has 0 spiro atoms. The third kappa shape index (κ3) is 0.967. The molecule has 0 atom stereocenters. The van der Waals surface area contributed by atoms with Crippen LogP contribution in [0.3, 0.4) is 0 Å². The van der Waals surface area contributed by atoms with Crippen LogP contribution in [0.2, 0.25) is 0 Å². The fraction of sp³-hybridized carbons (Fsp3) is 0. The molecule has 0 fully saturated rings. The number of rotatable bonds is 0. The first-order valence-electron chi connectivity index (χ1n) is 4.66. The van der Waals surface area contributed by atoms with Gasteiger partial charge in [-0.05, 0) is 34.0 Å². The lowest BCUT2D eigenvalue weighted by atomic mass is 9.99. The fourth-order valence-electron chi connectivity index (χ4n) is 1.96. The highest BCUT2D eigenvalue weighted by molar-refractivity contribution is 7.08. The molecule has 3 heteroatoms. The molecule has 2 aliphatic rings. The second kappa shape index (κ2) is 2.62. The Bertz CT molecular complexity index is 559. The van der Waals surface area contributed by atoms with Crippen LogP contribution in [0.4, 0.5) is 0 Å². The molecule has 72 valence electrons. The van der Waals surface area contributed by atoms with Gasteiger partial charge in [0.25, 0.3) is 0 Å². The molecule has 0 saturated carbocycles. The van der Waals surface area contributed by atoms with Crippen molar-refractivity contribution in [2.24, 2.45) is 0 Å². The van der Waals surface area contributed by atoms with Crippen LogP contribution in [0, 0.1) is 0 Å². The number of thiophene rings is 2. The molecule has 0 aromatic carbocycles. The third-order valence-electron chi connectivity index (χ3n) is 2.71. The molecule has 4 rings (SSSR count). The highest BCUT2D eigenvalue weighted by Gasteiger charge is 2.24. The normalized spacial score (nSPS) is 16.0. The van der Waals surface area contributed by atoms with Crippen LogP contribution in [0.1, 0.15) is 22.3 Å². The monoisotopic (exact) mass is 230 g/mol. The van der Waals surface area contributed by atoms with Crippen molar-refractivity contribution in [1.82, 2.24) is 0 Å². The van der Waals surface area contributed by atoms with Gasteiger partial charge in [-0.3, -0.25) is 0 Å². The minimum absolute atomic E-state index is 0.995. The molecule has 1 nitrogen and oxygen atoms in total. The summed E-state index contributed by atoms with van der Waals surface area (Å²) >= 11 is 3.45. The highest BCUT2D eigenvalue weighted by Crippen LogP contribution is 2.43. The van der Waals surface area contributed by atoms with Gasteiger partial charge in [-0.25, -0.2) is 0 Å². The van der Waals surface area contributed by atoms with Crippen LogP contribution >= 0.6 is 22.7 Å². The van der Waals surface area contributed by atoms with E-state index >= 15 is 0 Å². The Balaban J connectivity index is 2.10. The average molecular weight is 230 g/mol. The Hall–Kier alpha value is -1.32. The first-order chi connectivity index (χ1) is 7.42. The summed E-state index contributed by atoms with van der Waals surface area (Å²) in [6.07, 6.45) is 4.27. The first-order valence-corrected chi connectivity index (χ1v) is 6.55. The molecule has 0 amide bonds. The molecule has 2 aromatic rings. The van der Waals surface area contributed by atoms with Gasteiger partial charge in [0.2, 0.25) is 0 Å². The topological polar surface area (TPSA) is 9.23 Å². The van der Waals surface area contributed by atoms with Crippen molar-refractivity contribution in [2.75, 3.05) is 0 Å². The molecule has 0 saturated heterocycles. The lowest BCUT2D eigenvalue weighted by Gasteiger charge is -2.22. The zero-order valence-electron chi connectivity index (χ0n) is 7.69. The SMILES string of the molecule is C1=C2OC(=Cc3cscc32)c2cscc21. The largest absolute Gasteiger partial charge is 0.456 e. The van der Waals surface area contributed by atoms with E-state index in [1.54, 1.807) is 22.7 Å². The smallest absolute Gasteiger partial charge is 0.136 e. The Morgan fingerprint density at radius 1 is 0.733 bits per heavy atom. The molecule has 0 unspecified atom stereocenters. The molecular formula is C12H6OS2. The van der Waals surface area contributed by atoms with E-state index < -0.39 is 0 Å². The maximum Gasteiger partial charge on any atom is 0.136 e. The van der Waals surface area contributed by atoms with Gasteiger partial charge in [0.15, 0.2) is 0 Å². The second-order valence-electron chi connectivity index (χ2n) is 3.60. The number of fused-ring (bicyclic) bond motifs is 6. The lowest BCUT2D eigenvalue weighted by molar-refractivity contribution is 0.470. The molecular weight excluding hydrogens is 224 g/mol. The summed E-state index contributed by atoms with van der Waals surface area (Å²) in [6.45, 7) is 0. The van der Waals surface area contributed by atoms with E-state index in [2.05, 4.69) is 33.7 Å². The summed E-state index contributed by atoms with van der Waals surface area (Å²) in [6, 6.07) is 0. The van der Waals surface area contributed by atoms with Gasteiger partial charge in [-0.2, -0.15) is 22.7 Å². The van der Waals surface area contributed by atoms with Crippen LogP contribution in [0.15, 0.2) is 21.5 Å². The van der Waals surface area contributed by atoms with Crippen molar-refractivity contribution in [2.45, 2.75) is 0 Å². The average Bonchev–Trinajstić information content (AvgIpc) is 2.84. The van der Waals surface area contributed by atoms with E-state index in [0.717, 1.165) is 11.5 Å². The van der Waals surface area contributed by atoms with E-state index in [9.17, 15) is 0 Å². The predicted molar refractivity (Wildman–Crippen MR) is 65.5 cm³/mol. The van der Waals surface area contributed by atoms with Gasteiger partial charge < -0.3 is 4.74 Å². The molecule has 0 radical (unpaired) electrons. The molecule has 2 aromatic heterocycles. The minimum atomic E-state index is 0.995. The summed E-state index contributed by atoms with van der Waals surface area (Å²) < 4.78 is 5.83. The van der Waals surface area contributed by atoms with Crippen LogP contribution < -0.4 is 0 Å². The Morgan fingerprint density at radius 2 is 1.27 bits per heavy atom. The third-order valence-corrected chi connectivity index (χ3v) is 4.23. The van der Waals surface area contributed by atoms with Crippen molar-refractivity contribution in [1.29, 1.82) is 0 Å². The van der Waals surface area contributed by atoms with E-state index in [-0.39, 0.29) is 0 Å². The van der Waals surface area contributed by atoms with Crippen molar-refractivity contribution >= 4 is 46.3 Å². The summed E-state index contributed by atoms with van der Waals surface area (Å²) in [7, 11) is 0. The van der Waals surface area contributed by atoms with Crippen LogP contribution in [0.25, 0.3) is 23.7 Å². The van der Waals surface area contributed by atoms with Gasteiger partial charge in [-0.1, -0.05) is 0 Å². The van der Waals surface area contributed by atoms with Crippen LogP contribution in [-0.2, 0) is 4.74 Å². The zero-order valence-corrected chi connectivity index (χ0v) is 9.32. The van der Waals surface area contributed by atoms with Crippen molar-refractivity contribution in [3.63, 3.8) is 0 Å². The summed E-state index contributed by atoms with van der Waals surface area (Å²) in [5.74, 6) is 1.99. The number of hydrogen-bond donors (Lipinski definition) is 0. The predicted octanol–water partition coefficient (Wildman–Crippen LogP) is 4.15. The molecule has 4 heterocycles. The van der Waals surface area contributed by atoms with Gasteiger partial charge in [-0.15, -0.1) is 0 Å². The van der Waals surface area contributed by atoms with Crippen molar-refractivity contribution in [3.8, 4) is 0 Å².